The highest BCUT2D eigenvalue weighted by molar-refractivity contribution is 5.97. The third-order valence-electron chi connectivity index (χ3n) is 2.63. The lowest BCUT2D eigenvalue weighted by Crippen LogP contribution is -2.15. The number of aromatic nitrogens is 2. The van der Waals surface area contributed by atoms with Crippen LogP contribution in [0.3, 0.4) is 0 Å². The molecule has 1 aromatic heterocycles. The topological polar surface area (TPSA) is 113 Å². The Morgan fingerprint density at radius 2 is 2.15 bits per heavy atom. The molecule has 7 nitrogen and oxygen atoms in total. The van der Waals surface area contributed by atoms with Crippen LogP contribution in [0.1, 0.15) is 27.6 Å². The Kier molecular flexibility index (Phi) is 3.69. The van der Waals surface area contributed by atoms with Crippen LogP contribution in [-0.4, -0.2) is 28.3 Å². The molecule has 1 amide bonds. The molecule has 0 bridgehead atoms. The zero-order chi connectivity index (χ0) is 14.7. The van der Waals surface area contributed by atoms with Crippen molar-refractivity contribution in [3.63, 3.8) is 0 Å². The number of hydrogen-bond acceptors (Lipinski definition) is 5. The summed E-state index contributed by atoms with van der Waals surface area (Å²) in [4.78, 5) is 23.0. The Labute approximate surface area is 115 Å². The zero-order valence-electron chi connectivity index (χ0n) is 10.9. The van der Waals surface area contributed by atoms with E-state index in [4.69, 9.17) is 16.2 Å². The summed E-state index contributed by atoms with van der Waals surface area (Å²) in [6, 6.07) is 4.69. The number of hydrogen-bond donors (Lipinski definition) is 2. The molecule has 1 heterocycles. The van der Waals surface area contributed by atoms with Crippen molar-refractivity contribution in [2.45, 2.75) is 6.92 Å². The van der Waals surface area contributed by atoms with Gasteiger partial charge in [0.1, 0.15) is 0 Å². The summed E-state index contributed by atoms with van der Waals surface area (Å²) < 4.78 is 6.25. The van der Waals surface area contributed by atoms with E-state index < -0.39 is 11.9 Å². The number of nitrogen functional groups attached to an aromatic ring is 1. The van der Waals surface area contributed by atoms with Gasteiger partial charge in [0.15, 0.2) is 0 Å². The molecule has 1 aromatic carbocycles. The highest BCUT2D eigenvalue weighted by Crippen LogP contribution is 2.18. The average Bonchev–Trinajstić information content (AvgIpc) is 2.88. The van der Waals surface area contributed by atoms with E-state index in [0.717, 1.165) is 0 Å². The quantitative estimate of drug-likeness (QED) is 0.630. The number of carbonyl (C=O) groups is 2. The number of benzene rings is 1. The Hall–Kier alpha value is -2.83. The van der Waals surface area contributed by atoms with E-state index in [2.05, 4.69) is 5.10 Å². The number of ether oxygens (including phenoxy) is 1. The van der Waals surface area contributed by atoms with Gasteiger partial charge in [-0.05, 0) is 25.1 Å². The van der Waals surface area contributed by atoms with Gasteiger partial charge in [-0.2, -0.15) is 5.10 Å². The van der Waals surface area contributed by atoms with Crippen LogP contribution in [0.25, 0.3) is 5.69 Å². The minimum Gasteiger partial charge on any atom is -0.462 e. The van der Waals surface area contributed by atoms with E-state index in [1.54, 1.807) is 19.1 Å². The van der Waals surface area contributed by atoms with Gasteiger partial charge < -0.3 is 16.2 Å². The maximum Gasteiger partial charge on any atom is 0.341 e. The van der Waals surface area contributed by atoms with Crippen LogP contribution in [0.2, 0.25) is 0 Å². The van der Waals surface area contributed by atoms with Gasteiger partial charge in [0.2, 0.25) is 0 Å². The molecule has 0 radical (unpaired) electrons. The first kappa shape index (κ1) is 13.6. The Bertz CT molecular complexity index is 663. The van der Waals surface area contributed by atoms with Crippen LogP contribution >= 0.6 is 0 Å². The molecule has 0 spiro atoms. The lowest BCUT2D eigenvalue weighted by atomic mass is 10.1. The largest absolute Gasteiger partial charge is 0.462 e. The van der Waals surface area contributed by atoms with Crippen molar-refractivity contribution in [1.29, 1.82) is 0 Å². The maximum atomic E-state index is 11.6. The van der Waals surface area contributed by atoms with E-state index in [-0.39, 0.29) is 12.2 Å². The van der Waals surface area contributed by atoms with Gasteiger partial charge in [0, 0.05) is 11.9 Å². The molecule has 0 atom stereocenters. The first-order valence-corrected chi connectivity index (χ1v) is 5.94. The Morgan fingerprint density at radius 1 is 1.40 bits per heavy atom. The second-order valence-electron chi connectivity index (χ2n) is 4.03. The number of rotatable bonds is 4. The first-order valence-electron chi connectivity index (χ1n) is 5.94. The number of esters is 1. The average molecular weight is 274 g/mol. The first-order chi connectivity index (χ1) is 9.52. The predicted octanol–water partition coefficient (Wildman–Crippen LogP) is 0.730. The van der Waals surface area contributed by atoms with Crippen LogP contribution in [0, 0.1) is 0 Å². The van der Waals surface area contributed by atoms with Crippen molar-refractivity contribution in [3.8, 4) is 5.69 Å². The molecule has 0 aliphatic heterocycles. The zero-order valence-corrected chi connectivity index (χ0v) is 10.9. The molecule has 0 aliphatic carbocycles. The summed E-state index contributed by atoms with van der Waals surface area (Å²) in [5.74, 6) is -1.10. The number of amides is 1. The normalized spacial score (nSPS) is 10.2. The van der Waals surface area contributed by atoms with Crippen LogP contribution in [0.4, 0.5) is 5.69 Å². The molecule has 0 unspecified atom stereocenters. The Balaban J connectivity index is 2.42. The van der Waals surface area contributed by atoms with Gasteiger partial charge in [0.25, 0.3) is 5.91 Å². The molecule has 0 saturated heterocycles. The monoisotopic (exact) mass is 274 g/mol. The summed E-state index contributed by atoms with van der Waals surface area (Å²) in [7, 11) is 0. The Morgan fingerprint density at radius 3 is 2.80 bits per heavy atom. The maximum absolute atomic E-state index is 11.6. The van der Waals surface area contributed by atoms with Crippen LogP contribution in [0.5, 0.6) is 0 Å². The standard InChI is InChI=1S/C13H14N4O3/c1-2-20-13(19)8-6-16-17(7-8)11-4-3-9(14)5-10(11)12(15)18/h3-7H,2,14H2,1H3,(H2,15,18). The van der Waals surface area contributed by atoms with E-state index in [0.29, 0.717) is 16.9 Å². The fourth-order valence-corrected chi connectivity index (χ4v) is 1.73. The number of anilines is 1. The summed E-state index contributed by atoms with van der Waals surface area (Å²) in [6.07, 6.45) is 2.83. The summed E-state index contributed by atoms with van der Waals surface area (Å²) in [6.45, 7) is 1.99. The number of primary amides is 1. The summed E-state index contributed by atoms with van der Waals surface area (Å²) in [5, 5.41) is 4.03. The molecule has 4 N–H and O–H groups in total. The molecule has 2 rings (SSSR count). The minimum atomic E-state index is -0.625. The van der Waals surface area contributed by atoms with Crippen molar-refractivity contribution >= 4 is 17.6 Å². The van der Waals surface area contributed by atoms with Gasteiger partial charge in [0.05, 0.1) is 29.6 Å². The number of carbonyl (C=O) groups excluding carboxylic acids is 2. The smallest absolute Gasteiger partial charge is 0.341 e. The third-order valence-corrected chi connectivity index (χ3v) is 2.63. The minimum absolute atomic E-state index is 0.225. The lowest BCUT2D eigenvalue weighted by molar-refractivity contribution is 0.0526. The highest BCUT2D eigenvalue weighted by atomic mass is 16.5. The molecule has 0 aliphatic rings. The second-order valence-corrected chi connectivity index (χ2v) is 4.03. The van der Waals surface area contributed by atoms with Crippen LogP contribution in [0.15, 0.2) is 30.6 Å². The molecular formula is C13H14N4O3. The van der Waals surface area contributed by atoms with E-state index in [9.17, 15) is 9.59 Å². The molecule has 104 valence electrons. The molecule has 7 heteroatoms. The van der Waals surface area contributed by atoms with Crippen LogP contribution < -0.4 is 11.5 Å². The molecule has 2 aromatic rings. The van der Waals surface area contributed by atoms with E-state index in [1.807, 2.05) is 0 Å². The molecule has 20 heavy (non-hydrogen) atoms. The van der Waals surface area contributed by atoms with Crippen molar-refractivity contribution < 1.29 is 14.3 Å². The highest BCUT2D eigenvalue weighted by Gasteiger charge is 2.14. The van der Waals surface area contributed by atoms with Crippen molar-refractivity contribution in [3.05, 3.63) is 41.7 Å². The summed E-state index contributed by atoms with van der Waals surface area (Å²) in [5.41, 5.74) is 12.3. The van der Waals surface area contributed by atoms with Gasteiger partial charge in [-0.1, -0.05) is 0 Å². The van der Waals surface area contributed by atoms with Crippen molar-refractivity contribution in [1.82, 2.24) is 9.78 Å². The molecule has 0 saturated carbocycles. The second kappa shape index (κ2) is 5.43. The van der Waals surface area contributed by atoms with Crippen molar-refractivity contribution in [2.75, 3.05) is 12.3 Å². The van der Waals surface area contributed by atoms with E-state index >= 15 is 0 Å². The van der Waals surface area contributed by atoms with Gasteiger partial charge in [-0.3, -0.25) is 4.79 Å². The molecular weight excluding hydrogens is 260 g/mol. The van der Waals surface area contributed by atoms with Gasteiger partial charge in [-0.15, -0.1) is 0 Å². The van der Waals surface area contributed by atoms with E-state index in [1.165, 1.54) is 23.1 Å². The fourth-order valence-electron chi connectivity index (χ4n) is 1.73. The predicted molar refractivity (Wildman–Crippen MR) is 72.5 cm³/mol. The third kappa shape index (κ3) is 2.61. The van der Waals surface area contributed by atoms with Gasteiger partial charge in [-0.25, -0.2) is 9.48 Å². The van der Waals surface area contributed by atoms with Crippen molar-refractivity contribution in [2.24, 2.45) is 5.73 Å². The fraction of sp³-hybridized carbons (Fsp3) is 0.154. The summed E-state index contributed by atoms with van der Waals surface area (Å²) >= 11 is 0. The SMILES string of the molecule is CCOC(=O)c1cnn(-c2ccc(N)cc2C(N)=O)c1. The number of nitrogens with zero attached hydrogens (tertiary/aromatic N) is 2. The van der Waals surface area contributed by atoms with Gasteiger partial charge >= 0.3 is 5.97 Å². The van der Waals surface area contributed by atoms with Crippen LogP contribution in [-0.2, 0) is 4.74 Å². The molecule has 0 fully saturated rings. The number of nitrogens with two attached hydrogens (primary N) is 2. The lowest BCUT2D eigenvalue weighted by Gasteiger charge is -2.07.